The molecule has 1 aliphatic heterocycles. The molecule has 3 aromatic carbocycles. The fourth-order valence-corrected chi connectivity index (χ4v) is 5.44. The number of nitrogens with zero attached hydrogens (tertiary/aromatic N) is 2. The number of hydrogen-bond donors (Lipinski definition) is 0. The van der Waals surface area contributed by atoms with Gasteiger partial charge in [0.15, 0.2) is 5.82 Å². The van der Waals surface area contributed by atoms with Crippen molar-refractivity contribution in [3.05, 3.63) is 78.9 Å². The van der Waals surface area contributed by atoms with Gasteiger partial charge in [0.25, 0.3) is 0 Å². The Morgan fingerprint density at radius 1 is 0.735 bits per heavy atom. The van der Waals surface area contributed by atoms with Crippen LogP contribution in [-0.4, -0.2) is 28.3 Å². The Morgan fingerprint density at radius 3 is 2.18 bits per heavy atom. The standard InChI is InChI=1S/C28H25BN2O2S/c1-27(2)28(3,4)33-29(32-27)20-14-10-13-19(17-20)25-30-24(18-11-6-5-7-12-18)23-21-15-8-9-16-22(21)34-26(23)31-25/h5-17H,1-4H3. The number of rotatable bonds is 3. The molecule has 168 valence electrons. The average molecular weight is 464 g/mol. The van der Waals surface area contributed by atoms with Gasteiger partial charge in [-0.3, -0.25) is 0 Å². The quantitative estimate of drug-likeness (QED) is 0.287. The normalized spacial score (nSPS) is 17.0. The minimum atomic E-state index is -0.424. The van der Waals surface area contributed by atoms with Crippen LogP contribution in [0, 0.1) is 0 Å². The smallest absolute Gasteiger partial charge is 0.399 e. The molecule has 1 fully saturated rings. The topological polar surface area (TPSA) is 44.2 Å². The number of thiophene rings is 1. The van der Waals surface area contributed by atoms with Gasteiger partial charge >= 0.3 is 7.12 Å². The van der Waals surface area contributed by atoms with E-state index in [1.54, 1.807) is 11.3 Å². The predicted octanol–water partition coefficient (Wildman–Crippen LogP) is 6.48. The average Bonchev–Trinajstić information content (AvgIpc) is 3.32. The highest BCUT2D eigenvalue weighted by Crippen LogP contribution is 2.40. The molecule has 2 aromatic heterocycles. The van der Waals surface area contributed by atoms with Gasteiger partial charge in [-0.25, -0.2) is 9.97 Å². The van der Waals surface area contributed by atoms with Crippen LogP contribution in [0.5, 0.6) is 0 Å². The molecule has 1 saturated heterocycles. The largest absolute Gasteiger partial charge is 0.494 e. The summed E-state index contributed by atoms with van der Waals surface area (Å²) < 4.78 is 13.8. The maximum absolute atomic E-state index is 6.28. The van der Waals surface area contributed by atoms with Gasteiger partial charge in [0.2, 0.25) is 0 Å². The second-order valence-corrected chi connectivity index (χ2v) is 10.8. The first kappa shape index (κ1) is 21.5. The minimum absolute atomic E-state index is 0.388. The number of aromatic nitrogens is 2. The van der Waals surface area contributed by atoms with Gasteiger partial charge in [-0.1, -0.05) is 72.8 Å². The lowest BCUT2D eigenvalue weighted by Gasteiger charge is -2.32. The van der Waals surface area contributed by atoms with Crippen molar-refractivity contribution in [2.24, 2.45) is 0 Å². The zero-order valence-corrected chi connectivity index (χ0v) is 20.5. The molecule has 6 heteroatoms. The molecule has 0 aliphatic carbocycles. The van der Waals surface area contributed by atoms with Crippen LogP contribution >= 0.6 is 11.3 Å². The Balaban J connectivity index is 1.51. The van der Waals surface area contributed by atoms with Crippen molar-refractivity contribution in [1.29, 1.82) is 0 Å². The van der Waals surface area contributed by atoms with E-state index in [4.69, 9.17) is 19.3 Å². The zero-order valence-electron chi connectivity index (χ0n) is 19.7. The van der Waals surface area contributed by atoms with E-state index in [0.717, 1.165) is 32.5 Å². The summed E-state index contributed by atoms with van der Waals surface area (Å²) in [6.45, 7) is 8.28. The van der Waals surface area contributed by atoms with Gasteiger partial charge in [0.1, 0.15) is 4.83 Å². The molecule has 0 unspecified atom stereocenters. The van der Waals surface area contributed by atoms with Gasteiger partial charge in [0, 0.05) is 26.6 Å². The molecule has 0 N–H and O–H groups in total. The first-order valence-electron chi connectivity index (χ1n) is 11.5. The lowest BCUT2D eigenvalue weighted by molar-refractivity contribution is 0.00578. The minimum Gasteiger partial charge on any atom is -0.399 e. The zero-order chi connectivity index (χ0) is 23.5. The second-order valence-electron chi connectivity index (χ2n) is 9.75. The summed E-state index contributed by atoms with van der Waals surface area (Å²) in [5, 5.41) is 2.30. The third-order valence-electron chi connectivity index (χ3n) is 6.96. The van der Waals surface area contributed by atoms with E-state index in [-0.39, 0.29) is 11.2 Å². The van der Waals surface area contributed by atoms with Crippen molar-refractivity contribution in [2.45, 2.75) is 38.9 Å². The van der Waals surface area contributed by atoms with E-state index in [9.17, 15) is 0 Å². The van der Waals surface area contributed by atoms with E-state index in [2.05, 4.69) is 88.4 Å². The molecule has 0 saturated carbocycles. The molecule has 0 amide bonds. The number of fused-ring (bicyclic) bond motifs is 3. The predicted molar refractivity (Wildman–Crippen MR) is 142 cm³/mol. The third-order valence-corrected chi connectivity index (χ3v) is 8.02. The van der Waals surface area contributed by atoms with Crippen molar-refractivity contribution in [3.8, 4) is 22.6 Å². The summed E-state index contributed by atoms with van der Waals surface area (Å²) >= 11 is 1.71. The van der Waals surface area contributed by atoms with Crippen molar-refractivity contribution < 1.29 is 9.31 Å². The Bertz CT molecular complexity index is 1510. The van der Waals surface area contributed by atoms with Crippen LogP contribution in [0.15, 0.2) is 78.9 Å². The van der Waals surface area contributed by atoms with Crippen LogP contribution in [-0.2, 0) is 9.31 Å². The van der Waals surface area contributed by atoms with E-state index < -0.39 is 7.12 Å². The maximum Gasteiger partial charge on any atom is 0.494 e. The van der Waals surface area contributed by atoms with Gasteiger partial charge < -0.3 is 9.31 Å². The van der Waals surface area contributed by atoms with Gasteiger partial charge in [-0.15, -0.1) is 11.3 Å². The molecule has 0 atom stereocenters. The lowest BCUT2D eigenvalue weighted by Crippen LogP contribution is -2.41. The molecule has 6 rings (SSSR count). The Labute approximate surface area is 203 Å². The second kappa shape index (κ2) is 7.74. The van der Waals surface area contributed by atoms with Gasteiger partial charge in [-0.2, -0.15) is 0 Å². The Hall–Kier alpha value is -3.06. The van der Waals surface area contributed by atoms with Crippen LogP contribution in [0.2, 0.25) is 0 Å². The van der Waals surface area contributed by atoms with Crippen molar-refractivity contribution in [1.82, 2.24) is 9.97 Å². The van der Waals surface area contributed by atoms with Crippen LogP contribution < -0.4 is 5.46 Å². The SMILES string of the molecule is CC1(C)OB(c2cccc(-c3nc(-c4ccccc4)c4c(n3)sc3ccccc34)c2)OC1(C)C. The number of benzene rings is 3. The van der Waals surface area contributed by atoms with Crippen LogP contribution in [0.1, 0.15) is 27.7 Å². The summed E-state index contributed by atoms with van der Waals surface area (Å²) in [4.78, 5) is 11.1. The summed E-state index contributed by atoms with van der Waals surface area (Å²) in [6, 6.07) is 27.0. The van der Waals surface area contributed by atoms with Crippen molar-refractivity contribution in [3.63, 3.8) is 0 Å². The fourth-order valence-electron chi connectivity index (χ4n) is 4.36. The third kappa shape index (κ3) is 3.45. The molecular formula is C28H25BN2O2S. The highest BCUT2D eigenvalue weighted by molar-refractivity contribution is 7.25. The molecule has 3 heterocycles. The highest BCUT2D eigenvalue weighted by atomic mass is 32.1. The fraction of sp³-hybridized carbons (Fsp3) is 0.214. The Kier molecular flexibility index (Phi) is 4.89. The van der Waals surface area contributed by atoms with Gasteiger partial charge in [0.05, 0.1) is 16.9 Å². The molecule has 4 nitrogen and oxygen atoms in total. The first-order valence-corrected chi connectivity index (χ1v) is 12.3. The summed E-state index contributed by atoms with van der Waals surface area (Å²) in [6.07, 6.45) is 0. The van der Waals surface area contributed by atoms with Crippen LogP contribution in [0.25, 0.3) is 42.9 Å². The van der Waals surface area contributed by atoms with Crippen molar-refractivity contribution >= 4 is 44.2 Å². The summed E-state index contributed by atoms with van der Waals surface area (Å²) in [5.41, 5.74) is 3.18. The highest BCUT2D eigenvalue weighted by Gasteiger charge is 2.51. The van der Waals surface area contributed by atoms with E-state index in [0.29, 0.717) is 5.82 Å². The Morgan fingerprint density at radius 2 is 1.41 bits per heavy atom. The molecular weight excluding hydrogens is 439 g/mol. The van der Waals surface area contributed by atoms with E-state index in [1.807, 2.05) is 18.2 Å². The molecule has 34 heavy (non-hydrogen) atoms. The van der Waals surface area contributed by atoms with Gasteiger partial charge in [-0.05, 0) is 39.2 Å². The van der Waals surface area contributed by atoms with E-state index >= 15 is 0 Å². The number of hydrogen-bond acceptors (Lipinski definition) is 5. The molecule has 5 aromatic rings. The summed E-state index contributed by atoms with van der Waals surface area (Å²) in [5.74, 6) is 0.705. The molecule has 0 bridgehead atoms. The molecule has 0 radical (unpaired) electrons. The molecule has 0 spiro atoms. The van der Waals surface area contributed by atoms with Crippen molar-refractivity contribution in [2.75, 3.05) is 0 Å². The van der Waals surface area contributed by atoms with Crippen LogP contribution in [0.3, 0.4) is 0 Å². The van der Waals surface area contributed by atoms with E-state index in [1.165, 1.54) is 10.1 Å². The maximum atomic E-state index is 6.28. The summed E-state index contributed by atoms with van der Waals surface area (Å²) in [7, 11) is -0.424. The monoisotopic (exact) mass is 464 g/mol. The molecule has 1 aliphatic rings. The first-order chi connectivity index (χ1) is 16.3. The lowest BCUT2D eigenvalue weighted by atomic mass is 9.78. The van der Waals surface area contributed by atoms with Crippen LogP contribution in [0.4, 0.5) is 0 Å².